The van der Waals surface area contributed by atoms with Crippen LogP contribution in [0.15, 0.2) is 6.33 Å². The topological polar surface area (TPSA) is 52.0 Å². The van der Waals surface area contributed by atoms with E-state index >= 15 is 0 Å². The van der Waals surface area contributed by atoms with Crippen LogP contribution in [0.3, 0.4) is 0 Å². The molecule has 1 heterocycles. The molecular formula is C13H24N4O. The fourth-order valence-electron chi connectivity index (χ4n) is 2.29. The lowest BCUT2D eigenvalue weighted by Gasteiger charge is -2.17. The van der Waals surface area contributed by atoms with Gasteiger partial charge in [0.1, 0.15) is 12.2 Å². The summed E-state index contributed by atoms with van der Waals surface area (Å²) in [7, 11) is 1.74. The second-order valence-electron chi connectivity index (χ2n) is 5.56. The van der Waals surface area contributed by atoms with Gasteiger partial charge in [0.25, 0.3) is 0 Å². The molecule has 0 unspecified atom stereocenters. The van der Waals surface area contributed by atoms with Gasteiger partial charge in [-0.3, -0.25) is 0 Å². The number of hydrogen-bond donors (Lipinski definition) is 1. The molecule has 1 N–H and O–H groups in total. The monoisotopic (exact) mass is 252 g/mol. The van der Waals surface area contributed by atoms with Gasteiger partial charge in [0, 0.05) is 32.7 Å². The smallest absolute Gasteiger partial charge is 0.138 e. The number of methoxy groups -OCH3 is 1. The van der Waals surface area contributed by atoms with Crippen LogP contribution in [-0.4, -0.2) is 41.6 Å². The van der Waals surface area contributed by atoms with Gasteiger partial charge in [0.2, 0.25) is 0 Å². The SMILES string of the molecule is COCCNCC1(Cc2ncnn2C(C)C)CC1. The van der Waals surface area contributed by atoms with Crippen molar-refractivity contribution in [3.05, 3.63) is 12.2 Å². The lowest BCUT2D eigenvalue weighted by atomic mass is 10.0. The Hall–Kier alpha value is -0.940. The molecule has 1 aromatic heterocycles. The number of aromatic nitrogens is 3. The summed E-state index contributed by atoms with van der Waals surface area (Å²) in [6.07, 6.45) is 5.28. The molecular weight excluding hydrogens is 228 g/mol. The van der Waals surface area contributed by atoms with Crippen molar-refractivity contribution < 1.29 is 4.74 Å². The molecule has 0 spiro atoms. The summed E-state index contributed by atoms with van der Waals surface area (Å²) in [4.78, 5) is 4.41. The number of ether oxygens (including phenoxy) is 1. The molecule has 1 saturated carbocycles. The summed E-state index contributed by atoms with van der Waals surface area (Å²) in [5, 5.41) is 7.77. The van der Waals surface area contributed by atoms with Gasteiger partial charge < -0.3 is 10.1 Å². The van der Waals surface area contributed by atoms with Crippen LogP contribution < -0.4 is 5.32 Å². The maximum atomic E-state index is 5.04. The van der Waals surface area contributed by atoms with E-state index in [2.05, 4.69) is 29.2 Å². The van der Waals surface area contributed by atoms with E-state index in [0.29, 0.717) is 11.5 Å². The average molecular weight is 252 g/mol. The largest absolute Gasteiger partial charge is 0.383 e. The third-order valence-corrected chi connectivity index (χ3v) is 3.61. The van der Waals surface area contributed by atoms with Crippen LogP contribution in [0.5, 0.6) is 0 Å². The molecule has 5 heteroatoms. The summed E-state index contributed by atoms with van der Waals surface area (Å²) in [5.74, 6) is 1.12. The lowest BCUT2D eigenvalue weighted by Crippen LogP contribution is -2.29. The molecule has 1 aliphatic rings. The van der Waals surface area contributed by atoms with Crippen LogP contribution in [0.1, 0.15) is 38.6 Å². The van der Waals surface area contributed by atoms with E-state index in [9.17, 15) is 0 Å². The first kappa shape index (κ1) is 13.5. The fourth-order valence-corrected chi connectivity index (χ4v) is 2.29. The van der Waals surface area contributed by atoms with Crippen molar-refractivity contribution in [3.8, 4) is 0 Å². The molecule has 1 aliphatic carbocycles. The van der Waals surface area contributed by atoms with E-state index in [-0.39, 0.29) is 0 Å². The van der Waals surface area contributed by atoms with E-state index < -0.39 is 0 Å². The molecule has 1 fully saturated rings. The van der Waals surface area contributed by atoms with E-state index in [1.54, 1.807) is 13.4 Å². The van der Waals surface area contributed by atoms with Gasteiger partial charge in [-0.1, -0.05) is 0 Å². The summed E-state index contributed by atoms with van der Waals surface area (Å²) >= 11 is 0. The van der Waals surface area contributed by atoms with E-state index in [1.165, 1.54) is 12.8 Å². The van der Waals surface area contributed by atoms with Crippen molar-refractivity contribution in [2.24, 2.45) is 5.41 Å². The molecule has 0 radical (unpaired) electrons. The van der Waals surface area contributed by atoms with Crippen molar-refractivity contribution in [1.29, 1.82) is 0 Å². The standard InChI is InChI=1S/C13H24N4O/c1-11(2)17-12(15-10-16-17)8-13(4-5-13)9-14-6-7-18-3/h10-11,14H,4-9H2,1-3H3. The highest BCUT2D eigenvalue weighted by Gasteiger charge is 2.43. The Balaban J connectivity index is 1.86. The lowest BCUT2D eigenvalue weighted by molar-refractivity contribution is 0.197. The molecule has 0 atom stereocenters. The maximum absolute atomic E-state index is 5.04. The summed E-state index contributed by atoms with van der Waals surface area (Å²) < 4.78 is 7.08. The maximum Gasteiger partial charge on any atom is 0.138 e. The summed E-state index contributed by atoms with van der Waals surface area (Å²) in [6, 6.07) is 0.389. The normalized spacial score (nSPS) is 17.3. The highest BCUT2D eigenvalue weighted by atomic mass is 16.5. The molecule has 0 aliphatic heterocycles. The molecule has 1 aromatic rings. The second-order valence-corrected chi connectivity index (χ2v) is 5.56. The molecule has 18 heavy (non-hydrogen) atoms. The van der Waals surface area contributed by atoms with Crippen molar-refractivity contribution in [2.45, 2.75) is 39.2 Å². The molecule has 0 saturated heterocycles. The average Bonchev–Trinajstić information content (AvgIpc) is 2.92. The van der Waals surface area contributed by atoms with E-state index in [1.807, 2.05) is 4.68 Å². The van der Waals surface area contributed by atoms with Gasteiger partial charge in [-0.05, 0) is 32.1 Å². The van der Waals surface area contributed by atoms with Gasteiger partial charge >= 0.3 is 0 Å². The van der Waals surface area contributed by atoms with Crippen molar-refractivity contribution in [3.63, 3.8) is 0 Å². The zero-order valence-electron chi connectivity index (χ0n) is 11.6. The van der Waals surface area contributed by atoms with Crippen molar-refractivity contribution in [2.75, 3.05) is 26.8 Å². The van der Waals surface area contributed by atoms with Crippen LogP contribution in [0.2, 0.25) is 0 Å². The van der Waals surface area contributed by atoms with Crippen LogP contribution in [0.25, 0.3) is 0 Å². The molecule has 102 valence electrons. The molecule has 0 bridgehead atoms. The van der Waals surface area contributed by atoms with Gasteiger partial charge in [-0.15, -0.1) is 0 Å². The fraction of sp³-hybridized carbons (Fsp3) is 0.846. The van der Waals surface area contributed by atoms with Crippen LogP contribution in [0, 0.1) is 5.41 Å². The van der Waals surface area contributed by atoms with Crippen molar-refractivity contribution >= 4 is 0 Å². The first-order chi connectivity index (χ1) is 8.67. The quantitative estimate of drug-likeness (QED) is 0.711. The van der Waals surface area contributed by atoms with Gasteiger partial charge in [0.05, 0.1) is 6.61 Å². The Kier molecular flexibility index (Phi) is 4.35. The summed E-state index contributed by atoms with van der Waals surface area (Å²) in [5.41, 5.74) is 0.410. The number of hydrogen-bond acceptors (Lipinski definition) is 4. The Morgan fingerprint density at radius 1 is 1.50 bits per heavy atom. The minimum Gasteiger partial charge on any atom is -0.383 e. The Morgan fingerprint density at radius 2 is 2.28 bits per heavy atom. The minimum absolute atomic E-state index is 0.389. The zero-order chi connectivity index (χ0) is 13.0. The highest BCUT2D eigenvalue weighted by molar-refractivity contribution is 5.03. The molecule has 0 amide bonds. The van der Waals surface area contributed by atoms with Gasteiger partial charge in [0.15, 0.2) is 0 Å². The van der Waals surface area contributed by atoms with Gasteiger partial charge in [-0.2, -0.15) is 5.10 Å². The first-order valence-electron chi connectivity index (χ1n) is 6.75. The Morgan fingerprint density at radius 3 is 2.89 bits per heavy atom. The second kappa shape index (κ2) is 5.80. The molecule has 5 nitrogen and oxygen atoms in total. The third kappa shape index (κ3) is 3.29. The molecule has 2 rings (SSSR count). The Bertz CT molecular complexity index is 371. The van der Waals surface area contributed by atoms with E-state index in [0.717, 1.165) is 31.9 Å². The minimum atomic E-state index is 0.389. The number of nitrogens with zero attached hydrogens (tertiary/aromatic N) is 3. The van der Waals surface area contributed by atoms with E-state index in [4.69, 9.17) is 4.74 Å². The Labute approximate surface area is 109 Å². The van der Waals surface area contributed by atoms with Gasteiger partial charge in [-0.25, -0.2) is 9.67 Å². The zero-order valence-corrected chi connectivity index (χ0v) is 11.6. The van der Waals surface area contributed by atoms with Crippen LogP contribution in [0.4, 0.5) is 0 Å². The first-order valence-corrected chi connectivity index (χ1v) is 6.75. The third-order valence-electron chi connectivity index (χ3n) is 3.61. The number of rotatable bonds is 8. The highest BCUT2D eigenvalue weighted by Crippen LogP contribution is 2.47. The predicted molar refractivity (Wildman–Crippen MR) is 70.5 cm³/mol. The van der Waals surface area contributed by atoms with Crippen LogP contribution in [-0.2, 0) is 11.2 Å². The van der Waals surface area contributed by atoms with Crippen molar-refractivity contribution in [1.82, 2.24) is 20.1 Å². The number of nitrogens with one attached hydrogen (secondary N) is 1. The van der Waals surface area contributed by atoms with Crippen LogP contribution >= 0.6 is 0 Å². The molecule has 0 aromatic carbocycles. The summed E-state index contributed by atoms with van der Waals surface area (Å²) in [6.45, 7) is 7.05. The predicted octanol–water partition coefficient (Wildman–Crippen LogP) is 1.42.